The van der Waals surface area contributed by atoms with Crippen LogP contribution in [0, 0.1) is 5.92 Å². The number of amides is 1. The largest absolute Gasteiger partial charge is 0.495 e. The predicted molar refractivity (Wildman–Crippen MR) is 87.8 cm³/mol. The lowest BCUT2D eigenvalue weighted by Crippen LogP contribution is -2.17. The summed E-state index contributed by atoms with van der Waals surface area (Å²) in [5, 5.41) is 2.95. The average molecular weight is 292 g/mol. The van der Waals surface area contributed by atoms with Crippen LogP contribution in [0.4, 0.5) is 5.69 Å². The van der Waals surface area contributed by atoms with Crippen LogP contribution < -0.4 is 15.8 Å². The Morgan fingerprint density at radius 3 is 2.57 bits per heavy atom. The summed E-state index contributed by atoms with van der Waals surface area (Å²) in [7, 11) is 1.61. The standard InChI is InChI=1S/C17H28N2O2/c1-12(11-18)6-9-16(20)19-14-10-13(17(2,3)4)7-8-15(14)21-5/h7-8,10,12H,6,9,11,18H2,1-5H3,(H,19,20). The number of nitrogens with one attached hydrogen (secondary N) is 1. The molecule has 0 saturated heterocycles. The molecule has 0 bridgehead atoms. The summed E-state index contributed by atoms with van der Waals surface area (Å²) in [4.78, 5) is 12.1. The second-order valence-electron chi connectivity index (χ2n) is 6.59. The Morgan fingerprint density at radius 2 is 2.05 bits per heavy atom. The molecule has 1 rings (SSSR count). The zero-order valence-corrected chi connectivity index (χ0v) is 13.8. The molecule has 0 spiro atoms. The number of methoxy groups -OCH3 is 1. The molecular formula is C17H28N2O2. The number of carbonyl (C=O) groups excluding carboxylic acids is 1. The Morgan fingerprint density at radius 1 is 1.38 bits per heavy atom. The monoisotopic (exact) mass is 292 g/mol. The number of rotatable bonds is 6. The number of carbonyl (C=O) groups is 1. The minimum atomic E-state index is -0.000316. The van der Waals surface area contributed by atoms with Crippen molar-refractivity contribution in [2.45, 2.75) is 46.0 Å². The highest BCUT2D eigenvalue weighted by Gasteiger charge is 2.17. The molecule has 1 aromatic carbocycles. The fourth-order valence-electron chi connectivity index (χ4n) is 1.98. The average Bonchev–Trinajstić information content (AvgIpc) is 2.43. The van der Waals surface area contributed by atoms with E-state index in [2.05, 4.69) is 26.1 Å². The Kier molecular flexibility index (Phi) is 6.21. The van der Waals surface area contributed by atoms with Crippen molar-refractivity contribution in [3.05, 3.63) is 23.8 Å². The van der Waals surface area contributed by atoms with Crippen molar-refractivity contribution in [3.8, 4) is 5.75 Å². The Bertz CT molecular complexity index is 478. The van der Waals surface area contributed by atoms with Crippen LogP contribution in [0.1, 0.15) is 46.1 Å². The van der Waals surface area contributed by atoms with Crippen molar-refractivity contribution < 1.29 is 9.53 Å². The van der Waals surface area contributed by atoms with Crippen molar-refractivity contribution >= 4 is 11.6 Å². The summed E-state index contributed by atoms with van der Waals surface area (Å²) in [6.45, 7) is 9.08. The number of hydrogen-bond acceptors (Lipinski definition) is 3. The van der Waals surface area contributed by atoms with Crippen LogP contribution >= 0.6 is 0 Å². The molecule has 21 heavy (non-hydrogen) atoms. The summed E-state index contributed by atoms with van der Waals surface area (Å²) >= 11 is 0. The van der Waals surface area contributed by atoms with E-state index in [4.69, 9.17) is 10.5 Å². The van der Waals surface area contributed by atoms with Crippen molar-refractivity contribution in [3.63, 3.8) is 0 Å². The smallest absolute Gasteiger partial charge is 0.224 e. The molecule has 4 nitrogen and oxygen atoms in total. The van der Waals surface area contributed by atoms with Gasteiger partial charge in [0.25, 0.3) is 0 Å². The first-order valence-electron chi connectivity index (χ1n) is 7.46. The van der Waals surface area contributed by atoms with E-state index in [-0.39, 0.29) is 11.3 Å². The van der Waals surface area contributed by atoms with Crippen LogP contribution in [0.25, 0.3) is 0 Å². The van der Waals surface area contributed by atoms with Gasteiger partial charge in [-0.1, -0.05) is 33.8 Å². The maximum atomic E-state index is 12.1. The van der Waals surface area contributed by atoms with E-state index in [1.807, 2.05) is 25.1 Å². The maximum absolute atomic E-state index is 12.1. The van der Waals surface area contributed by atoms with Gasteiger partial charge < -0.3 is 15.8 Å². The van der Waals surface area contributed by atoms with E-state index in [9.17, 15) is 4.79 Å². The zero-order valence-electron chi connectivity index (χ0n) is 13.8. The van der Waals surface area contributed by atoms with Gasteiger partial charge in [0.2, 0.25) is 5.91 Å². The molecule has 1 unspecified atom stereocenters. The third kappa shape index (κ3) is 5.38. The lowest BCUT2D eigenvalue weighted by molar-refractivity contribution is -0.116. The third-order valence-corrected chi connectivity index (χ3v) is 3.61. The van der Waals surface area contributed by atoms with Crippen LogP contribution in [0.2, 0.25) is 0 Å². The molecule has 3 N–H and O–H groups in total. The second-order valence-corrected chi connectivity index (χ2v) is 6.59. The van der Waals surface area contributed by atoms with Gasteiger partial charge in [0.1, 0.15) is 5.75 Å². The predicted octanol–water partition coefficient (Wildman–Crippen LogP) is 3.31. The molecule has 0 aliphatic carbocycles. The molecule has 0 heterocycles. The van der Waals surface area contributed by atoms with Gasteiger partial charge in [-0.25, -0.2) is 0 Å². The van der Waals surface area contributed by atoms with Crippen molar-refractivity contribution in [1.29, 1.82) is 0 Å². The highest BCUT2D eigenvalue weighted by Crippen LogP contribution is 2.31. The summed E-state index contributed by atoms with van der Waals surface area (Å²) in [6, 6.07) is 5.92. The second kappa shape index (κ2) is 7.46. The van der Waals surface area contributed by atoms with E-state index < -0.39 is 0 Å². The topological polar surface area (TPSA) is 64.3 Å². The first kappa shape index (κ1) is 17.5. The molecule has 0 saturated carbocycles. The van der Waals surface area contributed by atoms with Gasteiger partial charge in [-0.2, -0.15) is 0 Å². The van der Waals surface area contributed by atoms with Crippen LogP contribution in [0.5, 0.6) is 5.75 Å². The van der Waals surface area contributed by atoms with Gasteiger partial charge in [-0.15, -0.1) is 0 Å². The Balaban J connectivity index is 2.83. The Labute approximate surface area is 128 Å². The fourth-order valence-corrected chi connectivity index (χ4v) is 1.98. The lowest BCUT2D eigenvalue weighted by Gasteiger charge is -2.21. The number of benzene rings is 1. The van der Waals surface area contributed by atoms with Crippen molar-refractivity contribution in [2.75, 3.05) is 19.0 Å². The van der Waals surface area contributed by atoms with Gasteiger partial charge in [-0.05, 0) is 42.0 Å². The highest BCUT2D eigenvalue weighted by atomic mass is 16.5. The minimum Gasteiger partial charge on any atom is -0.495 e. The fraction of sp³-hybridized carbons (Fsp3) is 0.588. The number of anilines is 1. The molecule has 4 heteroatoms. The molecule has 1 amide bonds. The number of hydrogen-bond donors (Lipinski definition) is 2. The van der Waals surface area contributed by atoms with Gasteiger partial charge in [0.15, 0.2) is 0 Å². The van der Waals surface area contributed by atoms with Gasteiger partial charge in [-0.3, -0.25) is 4.79 Å². The Hall–Kier alpha value is -1.55. The molecule has 0 aliphatic heterocycles. The molecule has 1 atom stereocenters. The van der Waals surface area contributed by atoms with Gasteiger partial charge in [0, 0.05) is 6.42 Å². The van der Waals surface area contributed by atoms with Crippen molar-refractivity contribution in [2.24, 2.45) is 11.7 Å². The lowest BCUT2D eigenvalue weighted by atomic mass is 9.87. The zero-order chi connectivity index (χ0) is 16.0. The molecule has 0 fully saturated rings. The van der Waals surface area contributed by atoms with Crippen LogP contribution in [-0.4, -0.2) is 19.6 Å². The summed E-state index contributed by atoms with van der Waals surface area (Å²) in [6.07, 6.45) is 1.27. The van der Waals surface area contributed by atoms with E-state index in [0.29, 0.717) is 24.6 Å². The molecule has 1 aromatic rings. The van der Waals surface area contributed by atoms with E-state index >= 15 is 0 Å². The first-order chi connectivity index (χ1) is 9.77. The van der Waals surface area contributed by atoms with Gasteiger partial charge in [0.05, 0.1) is 12.8 Å². The SMILES string of the molecule is COc1ccc(C(C)(C)C)cc1NC(=O)CCC(C)CN. The summed E-state index contributed by atoms with van der Waals surface area (Å²) in [5.41, 5.74) is 7.49. The van der Waals surface area contributed by atoms with Crippen LogP contribution in [0.3, 0.4) is 0 Å². The molecule has 0 aromatic heterocycles. The highest BCUT2D eigenvalue weighted by molar-refractivity contribution is 5.92. The molecule has 0 aliphatic rings. The minimum absolute atomic E-state index is 0.000316. The van der Waals surface area contributed by atoms with Gasteiger partial charge >= 0.3 is 0 Å². The number of nitrogens with two attached hydrogens (primary N) is 1. The molecule has 0 radical (unpaired) electrons. The molecule has 118 valence electrons. The normalized spacial score (nSPS) is 12.9. The third-order valence-electron chi connectivity index (χ3n) is 3.61. The number of ether oxygens (including phenoxy) is 1. The van der Waals surface area contributed by atoms with Crippen LogP contribution in [0.15, 0.2) is 18.2 Å². The van der Waals surface area contributed by atoms with E-state index in [1.165, 1.54) is 0 Å². The first-order valence-corrected chi connectivity index (χ1v) is 7.46. The van der Waals surface area contributed by atoms with Crippen LogP contribution in [-0.2, 0) is 10.2 Å². The summed E-state index contributed by atoms with van der Waals surface area (Å²) < 4.78 is 5.33. The molecular weight excluding hydrogens is 264 g/mol. The summed E-state index contributed by atoms with van der Waals surface area (Å²) in [5.74, 6) is 1.04. The maximum Gasteiger partial charge on any atom is 0.224 e. The van der Waals surface area contributed by atoms with Crippen molar-refractivity contribution in [1.82, 2.24) is 0 Å². The van der Waals surface area contributed by atoms with E-state index in [1.54, 1.807) is 7.11 Å². The van der Waals surface area contributed by atoms with E-state index in [0.717, 1.165) is 17.7 Å². The quantitative estimate of drug-likeness (QED) is 0.845.